The molecular formula is C43H52N2O4. The Balaban J connectivity index is 1.91. The molecule has 2 atom stereocenters. The lowest BCUT2D eigenvalue weighted by Crippen LogP contribution is -2.66. The second-order valence-corrected chi connectivity index (χ2v) is 14.7. The van der Waals surface area contributed by atoms with Crippen LogP contribution in [0.15, 0.2) is 121 Å². The Morgan fingerprint density at radius 2 is 0.898 bits per heavy atom. The van der Waals surface area contributed by atoms with Gasteiger partial charge >= 0.3 is 0 Å². The van der Waals surface area contributed by atoms with Crippen LogP contribution in [0.25, 0.3) is 0 Å². The van der Waals surface area contributed by atoms with Crippen LogP contribution in [0.2, 0.25) is 0 Å². The summed E-state index contributed by atoms with van der Waals surface area (Å²) >= 11 is 0. The van der Waals surface area contributed by atoms with Gasteiger partial charge in [0, 0.05) is 0 Å². The maximum atomic E-state index is 15.8. The van der Waals surface area contributed by atoms with E-state index in [2.05, 4.69) is 27.7 Å². The van der Waals surface area contributed by atoms with E-state index in [4.69, 9.17) is 5.73 Å². The first-order valence-corrected chi connectivity index (χ1v) is 17.8. The Bertz CT molecular complexity index is 1470. The average molecular weight is 661 g/mol. The molecule has 0 bridgehead atoms. The van der Waals surface area contributed by atoms with Crippen molar-refractivity contribution in [3.05, 3.63) is 144 Å². The van der Waals surface area contributed by atoms with E-state index in [1.54, 1.807) is 4.90 Å². The molecule has 6 heteroatoms. The molecule has 0 spiro atoms. The molecule has 258 valence electrons. The van der Waals surface area contributed by atoms with Crippen LogP contribution in [0.4, 0.5) is 0 Å². The zero-order chi connectivity index (χ0) is 35.2. The van der Waals surface area contributed by atoms with Crippen LogP contribution in [-0.2, 0) is 20.8 Å². The van der Waals surface area contributed by atoms with E-state index < -0.39 is 40.5 Å². The smallest absolute Gasteiger partial charge is 0.239 e. The van der Waals surface area contributed by atoms with Gasteiger partial charge in [0.2, 0.25) is 11.8 Å². The lowest BCUT2D eigenvalue weighted by molar-refractivity contribution is -0.169. The largest absolute Gasteiger partial charge is 0.378 e. The Kier molecular flexibility index (Phi) is 11.1. The fraction of sp³-hybridized carbons (Fsp3) is 0.395. The van der Waals surface area contributed by atoms with Crippen LogP contribution in [0.5, 0.6) is 0 Å². The molecule has 1 fully saturated rings. The molecule has 0 saturated heterocycles. The minimum Gasteiger partial charge on any atom is -0.378 e. The summed E-state index contributed by atoms with van der Waals surface area (Å²) in [5, 5.41) is 27.1. The van der Waals surface area contributed by atoms with E-state index in [-0.39, 0.29) is 11.8 Å². The fourth-order valence-corrected chi connectivity index (χ4v) is 8.03. The summed E-state index contributed by atoms with van der Waals surface area (Å²) in [6.45, 7) is 8.29. The number of hydrogen-bond acceptors (Lipinski definition) is 4. The van der Waals surface area contributed by atoms with Gasteiger partial charge in [-0.15, -0.1) is 0 Å². The summed E-state index contributed by atoms with van der Waals surface area (Å²) in [4.78, 5) is 31.1. The topological polar surface area (TPSA) is 104 Å². The number of carbonyl (C=O) groups is 2. The predicted octanol–water partition coefficient (Wildman–Crippen LogP) is 7.56. The van der Waals surface area contributed by atoms with E-state index in [1.165, 1.54) is 0 Å². The van der Waals surface area contributed by atoms with Gasteiger partial charge in [0.1, 0.15) is 16.6 Å². The van der Waals surface area contributed by atoms with Gasteiger partial charge in [-0.2, -0.15) is 0 Å². The summed E-state index contributed by atoms with van der Waals surface area (Å²) in [6, 6.07) is 36.0. The van der Waals surface area contributed by atoms with Gasteiger partial charge in [0.25, 0.3) is 0 Å². The summed E-state index contributed by atoms with van der Waals surface area (Å²) < 4.78 is 0. The van der Waals surface area contributed by atoms with Gasteiger partial charge in [-0.3, -0.25) is 9.59 Å². The van der Waals surface area contributed by atoms with Crippen molar-refractivity contribution in [3.63, 3.8) is 0 Å². The third kappa shape index (κ3) is 6.95. The maximum absolute atomic E-state index is 15.8. The molecule has 5 rings (SSSR count). The van der Waals surface area contributed by atoms with Crippen molar-refractivity contribution in [2.75, 3.05) is 0 Å². The van der Waals surface area contributed by atoms with Crippen molar-refractivity contribution in [1.82, 2.24) is 4.90 Å². The van der Waals surface area contributed by atoms with E-state index in [1.807, 2.05) is 121 Å². The highest BCUT2D eigenvalue weighted by Crippen LogP contribution is 2.49. The summed E-state index contributed by atoms with van der Waals surface area (Å²) in [5.74, 6) is -1.04. The maximum Gasteiger partial charge on any atom is 0.239 e. The van der Waals surface area contributed by atoms with Crippen LogP contribution in [-0.4, -0.2) is 39.0 Å². The Morgan fingerprint density at radius 1 is 0.612 bits per heavy atom. The van der Waals surface area contributed by atoms with Crippen LogP contribution in [0.1, 0.15) is 88.5 Å². The number of primary amides is 1. The first-order chi connectivity index (χ1) is 23.5. The Hall–Kier alpha value is -4.26. The highest BCUT2D eigenvalue weighted by Gasteiger charge is 2.58. The Morgan fingerprint density at radius 3 is 1.14 bits per heavy atom. The van der Waals surface area contributed by atoms with Crippen molar-refractivity contribution in [1.29, 1.82) is 0 Å². The first kappa shape index (κ1) is 36.0. The highest BCUT2D eigenvalue weighted by molar-refractivity contribution is 6.05. The van der Waals surface area contributed by atoms with Crippen molar-refractivity contribution in [3.8, 4) is 0 Å². The number of hydrogen-bond donors (Lipinski definition) is 3. The van der Waals surface area contributed by atoms with E-state index in [0.717, 1.165) is 0 Å². The van der Waals surface area contributed by atoms with Crippen LogP contribution in [0.3, 0.4) is 0 Å². The van der Waals surface area contributed by atoms with Gasteiger partial charge in [-0.25, -0.2) is 0 Å². The minimum atomic E-state index is -1.72. The minimum absolute atomic E-state index is 0.0219. The summed E-state index contributed by atoms with van der Waals surface area (Å²) in [7, 11) is 0. The standard InChI is InChI=1S/C43H52N2O4/c1-31(2)29-37(42(48,33-19-9-5-10-20-33)34-21-11-6-12-22-34)45(40(47)41(39(44)46)27-17-18-28-41)38(30-32(3)4)43(49,35-23-13-7-14-24-35)36-25-15-8-16-26-36/h5-16,19-26,31-32,37-38,48-49H,17-18,27-30H2,1-4H3,(H2,44,46)/t37-,38-/m1/s1. The third-order valence-corrected chi connectivity index (χ3v) is 10.5. The number of amides is 2. The number of aliphatic hydroxyl groups is 2. The second-order valence-electron chi connectivity index (χ2n) is 14.7. The zero-order valence-corrected chi connectivity index (χ0v) is 29.3. The first-order valence-electron chi connectivity index (χ1n) is 17.8. The van der Waals surface area contributed by atoms with Crippen molar-refractivity contribution in [2.24, 2.45) is 23.0 Å². The predicted molar refractivity (Wildman–Crippen MR) is 195 cm³/mol. The number of nitrogens with two attached hydrogens (primary N) is 1. The molecule has 2 amide bonds. The molecule has 0 aliphatic heterocycles. The molecule has 4 aromatic carbocycles. The van der Waals surface area contributed by atoms with Gasteiger partial charge in [-0.05, 0) is 59.8 Å². The molecule has 1 aliphatic rings. The molecular weight excluding hydrogens is 608 g/mol. The zero-order valence-electron chi connectivity index (χ0n) is 29.3. The van der Waals surface area contributed by atoms with Gasteiger partial charge < -0.3 is 20.8 Å². The lowest BCUT2D eigenvalue weighted by Gasteiger charge is -2.53. The van der Waals surface area contributed by atoms with Gasteiger partial charge in [0.05, 0.1) is 12.1 Å². The molecule has 4 aromatic rings. The van der Waals surface area contributed by atoms with Gasteiger partial charge in [-0.1, -0.05) is 162 Å². The van der Waals surface area contributed by atoms with E-state index in [9.17, 15) is 15.0 Å². The molecule has 0 radical (unpaired) electrons. The number of rotatable bonds is 14. The number of nitrogens with zero attached hydrogens (tertiary/aromatic N) is 1. The van der Waals surface area contributed by atoms with Crippen molar-refractivity contribution >= 4 is 11.8 Å². The molecule has 1 aliphatic carbocycles. The van der Waals surface area contributed by atoms with Gasteiger partial charge in [0.15, 0.2) is 0 Å². The summed E-state index contributed by atoms with van der Waals surface area (Å²) in [6.07, 6.45) is 2.80. The molecule has 1 saturated carbocycles. The molecule has 0 aromatic heterocycles. The van der Waals surface area contributed by atoms with E-state index in [0.29, 0.717) is 60.8 Å². The molecule has 0 unspecified atom stereocenters. The molecule has 49 heavy (non-hydrogen) atoms. The highest BCUT2D eigenvalue weighted by atomic mass is 16.3. The van der Waals surface area contributed by atoms with Crippen LogP contribution < -0.4 is 5.73 Å². The molecule has 0 heterocycles. The lowest BCUT2D eigenvalue weighted by atomic mass is 9.70. The van der Waals surface area contributed by atoms with Crippen molar-refractivity contribution < 1.29 is 19.8 Å². The Labute approximate surface area is 292 Å². The van der Waals surface area contributed by atoms with Crippen molar-refractivity contribution in [2.45, 2.75) is 89.5 Å². The number of benzene rings is 4. The normalized spacial score (nSPS) is 16.0. The second kappa shape index (κ2) is 15.1. The monoisotopic (exact) mass is 660 g/mol. The number of carbonyl (C=O) groups excluding carboxylic acids is 2. The molecule has 4 N–H and O–H groups in total. The van der Waals surface area contributed by atoms with Crippen LogP contribution in [0, 0.1) is 17.3 Å². The van der Waals surface area contributed by atoms with Crippen LogP contribution >= 0.6 is 0 Å². The molecule has 6 nitrogen and oxygen atoms in total. The van der Waals surface area contributed by atoms with E-state index >= 15 is 4.79 Å². The average Bonchev–Trinajstić information content (AvgIpc) is 3.63. The quantitative estimate of drug-likeness (QED) is 0.121. The third-order valence-electron chi connectivity index (χ3n) is 10.5. The fourth-order valence-electron chi connectivity index (χ4n) is 8.03. The summed E-state index contributed by atoms with van der Waals surface area (Å²) in [5.41, 5.74) is 3.81. The SMILES string of the molecule is CC(C)C[C@@H](N(C(=O)C1(C(N)=O)CCCC1)[C@H](CC(C)C)C(O)(c1ccccc1)c1ccccc1)C(O)(c1ccccc1)c1ccccc1.